The van der Waals surface area contributed by atoms with E-state index < -0.39 is 6.10 Å². The van der Waals surface area contributed by atoms with Gasteiger partial charge in [-0.2, -0.15) is 0 Å². The normalized spacial score (nSPS) is 55.1. The molecule has 0 bridgehead atoms. The van der Waals surface area contributed by atoms with Crippen LogP contribution in [-0.2, 0) is 14.3 Å². The van der Waals surface area contributed by atoms with Crippen LogP contribution in [0.15, 0.2) is 0 Å². The predicted molar refractivity (Wildman–Crippen MR) is 154 cm³/mol. The van der Waals surface area contributed by atoms with Crippen molar-refractivity contribution < 1.29 is 24.5 Å². The van der Waals surface area contributed by atoms with Crippen LogP contribution in [0.5, 0.6) is 0 Å². The van der Waals surface area contributed by atoms with Gasteiger partial charge >= 0.3 is 5.97 Å². The number of hydrogen-bond donors (Lipinski definition) is 2. The van der Waals surface area contributed by atoms with Crippen molar-refractivity contribution in [2.75, 3.05) is 0 Å². The van der Waals surface area contributed by atoms with Gasteiger partial charge in [0.25, 0.3) is 0 Å². The second-order valence-corrected chi connectivity index (χ2v) is 17.3. The maximum absolute atomic E-state index is 12.9. The van der Waals surface area contributed by atoms with Crippen molar-refractivity contribution in [1.29, 1.82) is 0 Å². The SMILES string of the molecule is CC(C)C(OC(=O)C1CCC1)C1C[C@@H](C)[C@H]2C(O1)[C@H](O)[C@@]1(C)C3CC[C@H]4C(C)(C)C(O)CCC45CC35CCC21C. The smallest absolute Gasteiger partial charge is 0.309 e. The molecule has 8 unspecified atom stereocenters. The largest absolute Gasteiger partial charge is 0.459 e. The van der Waals surface area contributed by atoms with Crippen molar-refractivity contribution in [3.05, 3.63) is 0 Å². The van der Waals surface area contributed by atoms with Crippen LogP contribution in [0.25, 0.3) is 0 Å². The fourth-order valence-electron chi connectivity index (χ4n) is 13.1. The molecule has 0 aromatic carbocycles. The molecule has 7 rings (SSSR count). The Morgan fingerprint density at radius 3 is 2.25 bits per heavy atom. The lowest BCUT2D eigenvalue weighted by Crippen LogP contribution is -2.59. The molecular formula is C35H56O5. The lowest BCUT2D eigenvalue weighted by Gasteiger charge is -2.63. The first-order chi connectivity index (χ1) is 18.7. The van der Waals surface area contributed by atoms with Gasteiger partial charge in [0.2, 0.25) is 0 Å². The average Bonchev–Trinajstić information content (AvgIpc) is 3.48. The van der Waals surface area contributed by atoms with Crippen molar-refractivity contribution in [1.82, 2.24) is 0 Å². The highest BCUT2D eigenvalue weighted by atomic mass is 16.6. The minimum atomic E-state index is -0.499. The van der Waals surface area contributed by atoms with Gasteiger partial charge in [0, 0.05) is 5.41 Å². The number of aliphatic hydroxyl groups is 2. The van der Waals surface area contributed by atoms with Gasteiger partial charge in [-0.25, -0.2) is 0 Å². The molecule has 5 nitrogen and oxygen atoms in total. The monoisotopic (exact) mass is 556 g/mol. The fraction of sp³-hybridized carbons (Fsp3) is 0.971. The summed E-state index contributed by atoms with van der Waals surface area (Å²) in [5, 5.41) is 23.4. The molecule has 2 N–H and O–H groups in total. The van der Waals surface area contributed by atoms with Gasteiger partial charge < -0.3 is 19.7 Å². The van der Waals surface area contributed by atoms with Crippen molar-refractivity contribution >= 4 is 5.97 Å². The fourth-order valence-corrected chi connectivity index (χ4v) is 13.1. The van der Waals surface area contributed by atoms with E-state index in [4.69, 9.17) is 9.47 Å². The Morgan fingerprint density at radius 2 is 1.60 bits per heavy atom. The van der Waals surface area contributed by atoms with Gasteiger partial charge in [-0.05, 0) is 115 Å². The van der Waals surface area contributed by atoms with Gasteiger partial charge in [0.1, 0.15) is 6.10 Å². The second kappa shape index (κ2) is 8.72. The zero-order valence-electron chi connectivity index (χ0n) is 26.2. The Morgan fingerprint density at radius 1 is 0.925 bits per heavy atom. The number of carbonyl (C=O) groups excluding carboxylic acids is 1. The van der Waals surface area contributed by atoms with Crippen molar-refractivity contribution in [2.24, 2.45) is 62.6 Å². The molecule has 0 aromatic heterocycles. The molecule has 0 radical (unpaired) electrons. The first kappa shape index (κ1) is 28.1. The first-order valence-electron chi connectivity index (χ1n) is 17.0. The van der Waals surface area contributed by atoms with Crippen LogP contribution in [-0.4, -0.2) is 46.7 Å². The van der Waals surface area contributed by atoms with E-state index in [1.54, 1.807) is 0 Å². The summed E-state index contributed by atoms with van der Waals surface area (Å²) in [6, 6.07) is 0. The Balaban J connectivity index is 1.18. The van der Waals surface area contributed by atoms with E-state index in [-0.39, 0.29) is 58.5 Å². The maximum Gasteiger partial charge on any atom is 0.309 e. The van der Waals surface area contributed by atoms with E-state index in [0.29, 0.717) is 34.5 Å². The summed E-state index contributed by atoms with van der Waals surface area (Å²) in [4.78, 5) is 12.9. The summed E-state index contributed by atoms with van der Waals surface area (Å²) in [6.45, 7) is 16.3. The van der Waals surface area contributed by atoms with Crippen LogP contribution >= 0.6 is 0 Å². The van der Waals surface area contributed by atoms with Crippen LogP contribution in [0.4, 0.5) is 0 Å². The molecule has 6 aliphatic carbocycles. The van der Waals surface area contributed by atoms with Gasteiger partial charge in [0.15, 0.2) is 0 Å². The third-order valence-electron chi connectivity index (χ3n) is 15.5. The summed E-state index contributed by atoms with van der Waals surface area (Å²) in [5.74, 6) is 2.04. The molecule has 7 fully saturated rings. The van der Waals surface area contributed by atoms with E-state index in [9.17, 15) is 15.0 Å². The zero-order chi connectivity index (χ0) is 28.6. The Kier molecular flexibility index (Phi) is 6.13. The van der Waals surface area contributed by atoms with Crippen LogP contribution in [0.2, 0.25) is 0 Å². The number of rotatable bonds is 4. The predicted octanol–water partition coefficient (Wildman–Crippen LogP) is 6.53. The summed E-state index contributed by atoms with van der Waals surface area (Å²) >= 11 is 0. The molecular weight excluding hydrogens is 500 g/mol. The summed E-state index contributed by atoms with van der Waals surface area (Å²) in [6.07, 6.45) is 10.8. The van der Waals surface area contributed by atoms with Gasteiger partial charge in [-0.15, -0.1) is 0 Å². The van der Waals surface area contributed by atoms with Gasteiger partial charge in [-0.3, -0.25) is 4.79 Å². The number of aliphatic hydroxyl groups excluding tert-OH is 2. The van der Waals surface area contributed by atoms with Gasteiger partial charge in [0.05, 0.1) is 30.3 Å². The topological polar surface area (TPSA) is 76.0 Å². The van der Waals surface area contributed by atoms with Gasteiger partial charge in [-0.1, -0.05) is 54.9 Å². The first-order valence-corrected chi connectivity index (χ1v) is 17.0. The standard InChI is InChI=1S/C35H56O5/c1-19(2)27(40-30(38)21-9-8-10-21)22-17-20(3)26-28(39-22)29(37)33(7)24-12-11-23-31(4,5)25(36)13-14-34(23)18-35(24,34)16-15-32(26,33)6/h19-29,36-37H,8-18H2,1-7H3/t20-,22?,23+,24?,25?,26+,27?,28?,29+,32?,33-,34?,35?/m1/s1. The molecule has 1 heterocycles. The third kappa shape index (κ3) is 3.24. The quantitative estimate of drug-likeness (QED) is 0.385. The maximum atomic E-state index is 12.9. The highest BCUT2D eigenvalue weighted by molar-refractivity contribution is 5.73. The highest BCUT2D eigenvalue weighted by Crippen LogP contribution is 2.89. The van der Waals surface area contributed by atoms with E-state index in [1.165, 1.54) is 25.7 Å². The number of carbonyl (C=O) groups is 1. The zero-order valence-corrected chi connectivity index (χ0v) is 26.2. The number of hydrogen-bond acceptors (Lipinski definition) is 5. The third-order valence-corrected chi connectivity index (χ3v) is 15.5. The summed E-state index contributed by atoms with van der Waals surface area (Å²) in [7, 11) is 0. The molecule has 2 spiro atoms. The molecule has 1 saturated heterocycles. The van der Waals surface area contributed by atoms with Crippen molar-refractivity contribution in [3.63, 3.8) is 0 Å². The Hall–Kier alpha value is -0.650. The van der Waals surface area contributed by atoms with Crippen LogP contribution < -0.4 is 0 Å². The minimum Gasteiger partial charge on any atom is -0.459 e. The Bertz CT molecular complexity index is 1050. The summed E-state index contributed by atoms with van der Waals surface area (Å²) < 4.78 is 13.2. The molecule has 5 heteroatoms. The second-order valence-electron chi connectivity index (χ2n) is 17.3. The van der Waals surface area contributed by atoms with Crippen LogP contribution in [0, 0.1) is 62.6 Å². The Labute approximate surface area is 242 Å². The molecule has 0 aromatic rings. The molecule has 7 aliphatic rings. The molecule has 13 atom stereocenters. The lowest BCUT2D eigenvalue weighted by molar-refractivity contribution is -0.200. The van der Waals surface area contributed by atoms with E-state index in [1.807, 2.05) is 0 Å². The van der Waals surface area contributed by atoms with Crippen LogP contribution in [0.3, 0.4) is 0 Å². The number of esters is 1. The van der Waals surface area contributed by atoms with E-state index >= 15 is 0 Å². The lowest BCUT2D eigenvalue weighted by atomic mass is 9.41. The molecule has 6 saturated carbocycles. The highest BCUT2D eigenvalue weighted by Gasteiger charge is 2.84. The minimum absolute atomic E-state index is 0.0235. The van der Waals surface area contributed by atoms with E-state index in [2.05, 4.69) is 48.5 Å². The van der Waals surface area contributed by atoms with Crippen molar-refractivity contribution in [2.45, 2.75) is 150 Å². The molecule has 1 aliphatic heterocycles. The number of ether oxygens (including phenoxy) is 2. The van der Waals surface area contributed by atoms with Crippen LogP contribution in [0.1, 0.15) is 119 Å². The average molecular weight is 557 g/mol. The molecule has 40 heavy (non-hydrogen) atoms. The van der Waals surface area contributed by atoms with Crippen molar-refractivity contribution in [3.8, 4) is 0 Å². The number of fused-ring (bicyclic) bond motifs is 4. The molecule has 226 valence electrons. The molecule has 0 amide bonds. The summed E-state index contributed by atoms with van der Waals surface area (Å²) in [5.41, 5.74) is 0.494. The van der Waals surface area contributed by atoms with E-state index in [0.717, 1.165) is 44.9 Å².